The van der Waals surface area contributed by atoms with Gasteiger partial charge in [-0.2, -0.15) is 0 Å². The highest BCUT2D eigenvalue weighted by atomic mass is 16.5. The van der Waals surface area contributed by atoms with Crippen molar-refractivity contribution in [1.82, 2.24) is 4.98 Å². The minimum atomic E-state index is -0.317. The Morgan fingerprint density at radius 3 is 2.90 bits per heavy atom. The number of nitrogens with one attached hydrogen (secondary N) is 1. The van der Waals surface area contributed by atoms with E-state index in [4.69, 9.17) is 9.47 Å². The lowest BCUT2D eigenvalue weighted by Gasteiger charge is -2.06. The van der Waals surface area contributed by atoms with E-state index in [1.54, 1.807) is 6.07 Å². The Hall–Kier alpha value is -2.14. The third kappa shape index (κ3) is 4.43. The predicted octanol–water partition coefficient (Wildman–Crippen LogP) is 2.39. The number of aromatic amines is 1. The molecule has 0 aliphatic rings. The number of pyridine rings is 1. The highest BCUT2D eigenvalue weighted by Crippen LogP contribution is 2.10. The molecule has 0 radical (unpaired) electrons. The average molecular weight is 289 g/mol. The number of aromatic nitrogens is 1. The van der Waals surface area contributed by atoms with E-state index in [0.717, 1.165) is 10.9 Å². The van der Waals surface area contributed by atoms with Crippen molar-refractivity contribution < 1.29 is 14.3 Å². The maximum absolute atomic E-state index is 11.9. The molecule has 1 heterocycles. The fourth-order valence-electron chi connectivity index (χ4n) is 1.99. The largest absolute Gasteiger partial charge is 0.461 e. The SMILES string of the molecule is CCOCCCC(=O)OCc1cc2ccccc2[nH]c1=O. The molecule has 1 aromatic carbocycles. The number of H-pyrrole nitrogens is 1. The molecule has 5 heteroatoms. The van der Waals surface area contributed by atoms with E-state index in [9.17, 15) is 9.59 Å². The summed E-state index contributed by atoms with van der Waals surface area (Å²) in [6.45, 7) is 3.08. The molecule has 1 N–H and O–H groups in total. The maximum Gasteiger partial charge on any atom is 0.306 e. The van der Waals surface area contributed by atoms with Crippen molar-refractivity contribution in [2.24, 2.45) is 0 Å². The van der Waals surface area contributed by atoms with Crippen LogP contribution in [0.2, 0.25) is 0 Å². The van der Waals surface area contributed by atoms with Crippen LogP contribution in [0.15, 0.2) is 35.1 Å². The molecule has 0 spiro atoms. The molecule has 0 bridgehead atoms. The zero-order valence-corrected chi connectivity index (χ0v) is 12.1. The van der Waals surface area contributed by atoms with E-state index >= 15 is 0 Å². The first-order valence-electron chi connectivity index (χ1n) is 7.05. The molecule has 21 heavy (non-hydrogen) atoms. The zero-order valence-electron chi connectivity index (χ0n) is 12.1. The van der Waals surface area contributed by atoms with Crippen LogP contribution >= 0.6 is 0 Å². The fourth-order valence-corrected chi connectivity index (χ4v) is 1.99. The van der Waals surface area contributed by atoms with Gasteiger partial charge in [0.05, 0.1) is 5.56 Å². The lowest BCUT2D eigenvalue weighted by atomic mass is 10.1. The van der Waals surface area contributed by atoms with Crippen LogP contribution in [0, 0.1) is 0 Å². The smallest absolute Gasteiger partial charge is 0.306 e. The van der Waals surface area contributed by atoms with Crippen molar-refractivity contribution in [3.63, 3.8) is 0 Å². The Morgan fingerprint density at radius 1 is 1.29 bits per heavy atom. The zero-order chi connectivity index (χ0) is 15.1. The summed E-state index contributed by atoms with van der Waals surface area (Å²) in [5, 5.41) is 0.916. The summed E-state index contributed by atoms with van der Waals surface area (Å²) in [5.41, 5.74) is 0.997. The van der Waals surface area contributed by atoms with E-state index < -0.39 is 0 Å². The van der Waals surface area contributed by atoms with E-state index in [-0.39, 0.29) is 18.1 Å². The number of rotatable bonds is 7. The van der Waals surface area contributed by atoms with Crippen molar-refractivity contribution in [3.8, 4) is 0 Å². The van der Waals surface area contributed by atoms with Crippen LogP contribution in [-0.2, 0) is 20.9 Å². The molecule has 2 rings (SSSR count). The fraction of sp³-hybridized carbons (Fsp3) is 0.375. The second-order valence-corrected chi connectivity index (χ2v) is 4.67. The van der Waals surface area contributed by atoms with Gasteiger partial charge in [0.2, 0.25) is 0 Å². The molecular weight excluding hydrogens is 270 g/mol. The molecule has 0 amide bonds. The first kappa shape index (κ1) is 15.3. The summed E-state index contributed by atoms with van der Waals surface area (Å²) < 4.78 is 10.3. The number of carbonyl (C=O) groups is 1. The number of carbonyl (C=O) groups excluding carboxylic acids is 1. The van der Waals surface area contributed by atoms with Crippen molar-refractivity contribution in [1.29, 1.82) is 0 Å². The molecule has 0 aliphatic carbocycles. The van der Waals surface area contributed by atoms with Gasteiger partial charge in [-0.25, -0.2) is 0 Å². The summed E-state index contributed by atoms with van der Waals surface area (Å²) in [6, 6.07) is 9.24. The van der Waals surface area contributed by atoms with Crippen LogP contribution in [0.1, 0.15) is 25.3 Å². The van der Waals surface area contributed by atoms with Crippen molar-refractivity contribution in [2.75, 3.05) is 13.2 Å². The Bertz CT molecular complexity index is 663. The van der Waals surface area contributed by atoms with Crippen molar-refractivity contribution in [3.05, 3.63) is 46.2 Å². The number of hydrogen-bond acceptors (Lipinski definition) is 4. The summed E-state index contributed by atoms with van der Waals surface area (Å²) in [5.74, 6) is -0.317. The second kappa shape index (κ2) is 7.59. The molecule has 0 saturated carbocycles. The third-order valence-electron chi connectivity index (χ3n) is 3.09. The summed E-state index contributed by atoms with van der Waals surface area (Å²) in [6.07, 6.45) is 0.923. The average Bonchev–Trinajstić information content (AvgIpc) is 2.49. The topological polar surface area (TPSA) is 68.4 Å². The summed E-state index contributed by atoms with van der Waals surface area (Å²) in [7, 11) is 0. The van der Waals surface area contributed by atoms with Crippen LogP contribution < -0.4 is 5.56 Å². The lowest BCUT2D eigenvalue weighted by molar-refractivity contribution is -0.145. The van der Waals surface area contributed by atoms with Gasteiger partial charge in [0, 0.05) is 25.2 Å². The Balaban J connectivity index is 1.92. The highest BCUT2D eigenvalue weighted by Gasteiger charge is 2.07. The molecule has 0 saturated heterocycles. The minimum absolute atomic E-state index is 0.00631. The predicted molar refractivity (Wildman–Crippen MR) is 80.1 cm³/mol. The van der Waals surface area contributed by atoms with Crippen molar-refractivity contribution in [2.45, 2.75) is 26.4 Å². The molecule has 112 valence electrons. The van der Waals surface area contributed by atoms with E-state index in [1.165, 1.54) is 0 Å². The van der Waals surface area contributed by atoms with E-state index in [2.05, 4.69) is 4.98 Å². The Kier molecular flexibility index (Phi) is 5.51. The molecule has 2 aromatic rings. The maximum atomic E-state index is 11.9. The van der Waals surface area contributed by atoms with Gasteiger partial charge in [-0.3, -0.25) is 9.59 Å². The molecule has 0 fully saturated rings. The van der Waals surface area contributed by atoms with Gasteiger partial charge >= 0.3 is 5.97 Å². The van der Waals surface area contributed by atoms with Gasteiger partial charge in [-0.15, -0.1) is 0 Å². The lowest BCUT2D eigenvalue weighted by Crippen LogP contribution is -2.15. The summed E-state index contributed by atoms with van der Waals surface area (Å²) in [4.78, 5) is 26.2. The number of ether oxygens (including phenoxy) is 2. The van der Waals surface area contributed by atoms with Crippen LogP contribution in [0.4, 0.5) is 0 Å². The first-order valence-corrected chi connectivity index (χ1v) is 7.05. The highest BCUT2D eigenvalue weighted by molar-refractivity contribution is 5.78. The molecule has 0 atom stereocenters. The monoisotopic (exact) mass is 289 g/mol. The van der Waals surface area contributed by atoms with Crippen LogP contribution in [0.5, 0.6) is 0 Å². The molecular formula is C16H19NO4. The quantitative estimate of drug-likeness (QED) is 0.627. The van der Waals surface area contributed by atoms with E-state index in [1.807, 2.05) is 31.2 Å². The van der Waals surface area contributed by atoms with Crippen molar-refractivity contribution >= 4 is 16.9 Å². The minimum Gasteiger partial charge on any atom is -0.461 e. The summed E-state index contributed by atoms with van der Waals surface area (Å²) >= 11 is 0. The van der Waals surface area contributed by atoms with Gasteiger partial charge in [-0.05, 0) is 30.9 Å². The number of hydrogen-bond donors (Lipinski definition) is 1. The number of esters is 1. The van der Waals surface area contributed by atoms with Crippen LogP contribution in [-0.4, -0.2) is 24.2 Å². The Morgan fingerprint density at radius 2 is 2.10 bits per heavy atom. The standard InChI is InChI=1S/C16H19NO4/c1-2-20-9-5-8-15(18)21-11-13-10-12-6-3-4-7-14(12)17-16(13)19/h3-4,6-7,10H,2,5,8-9,11H2,1H3,(H,17,19). The molecule has 0 unspecified atom stereocenters. The van der Waals surface area contributed by atoms with Crippen LogP contribution in [0.25, 0.3) is 10.9 Å². The second-order valence-electron chi connectivity index (χ2n) is 4.67. The van der Waals surface area contributed by atoms with Gasteiger partial charge in [0.1, 0.15) is 6.61 Å². The first-order chi connectivity index (χ1) is 10.2. The van der Waals surface area contributed by atoms with E-state index in [0.29, 0.717) is 31.6 Å². The number of benzene rings is 1. The molecule has 0 aliphatic heterocycles. The number of para-hydroxylation sites is 1. The normalized spacial score (nSPS) is 10.7. The van der Waals surface area contributed by atoms with Gasteiger partial charge < -0.3 is 14.5 Å². The molecule has 1 aromatic heterocycles. The number of fused-ring (bicyclic) bond motifs is 1. The van der Waals surface area contributed by atoms with Gasteiger partial charge in [0.15, 0.2) is 0 Å². The molecule has 5 nitrogen and oxygen atoms in total. The Labute approximate surface area is 122 Å². The third-order valence-corrected chi connectivity index (χ3v) is 3.09. The van der Waals surface area contributed by atoms with Crippen LogP contribution in [0.3, 0.4) is 0 Å². The van der Waals surface area contributed by atoms with Gasteiger partial charge in [-0.1, -0.05) is 18.2 Å². The van der Waals surface area contributed by atoms with Gasteiger partial charge in [0.25, 0.3) is 5.56 Å².